The lowest BCUT2D eigenvalue weighted by atomic mass is 10.1. The highest BCUT2D eigenvalue weighted by molar-refractivity contribution is 6.30. The van der Waals surface area contributed by atoms with Crippen LogP contribution in [0.1, 0.15) is 6.92 Å². The second-order valence-corrected chi connectivity index (χ2v) is 3.57. The van der Waals surface area contributed by atoms with Crippen LogP contribution in [0.15, 0.2) is 24.3 Å². The van der Waals surface area contributed by atoms with Crippen molar-refractivity contribution < 1.29 is 4.79 Å². The first-order chi connectivity index (χ1) is 6.63. The lowest BCUT2D eigenvalue weighted by molar-refractivity contribution is -0.119. The van der Waals surface area contributed by atoms with E-state index in [1.54, 1.807) is 31.2 Å². The summed E-state index contributed by atoms with van der Waals surface area (Å²) in [4.78, 5) is 11.4. The predicted octanol–water partition coefficient (Wildman–Crippen LogP) is 1.87. The molecule has 4 heteroatoms. The van der Waals surface area contributed by atoms with Crippen LogP contribution in [-0.2, 0) is 4.79 Å². The molecule has 76 valence electrons. The molecule has 3 nitrogen and oxygen atoms in total. The van der Waals surface area contributed by atoms with Crippen LogP contribution in [-0.4, -0.2) is 12.5 Å². The summed E-state index contributed by atoms with van der Waals surface area (Å²) in [6, 6.07) is 7.02. The van der Waals surface area contributed by atoms with Crippen LogP contribution in [0.4, 0.5) is 5.69 Å². The molecular formula is C10H13ClN2O. The smallest absolute Gasteiger partial charge is 0.228 e. The summed E-state index contributed by atoms with van der Waals surface area (Å²) in [5.41, 5.74) is 6.07. The van der Waals surface area contributed by atoms with Crippen molar-refractivity contribution in [2.24, 2.45) is 11.7 Å². The second-order valence-electron chi connectivity index (χ2n) is 3.14. The Morgan fingerprint density at radius 3 is 2.93 bits per heavy atom. The first-order valence-electron chi connectivity index (χ1n) is 4.40. The number of nitrogens with one attached hydrogen (secondary N) is 1. The minimum atomic E-state index is -0.186. The summed E-state index contributed by atoms with van der Waals surface area (Å²) in [6.45, 7) is 2.12. The van der Waals surface area contributed by atoms with Gasteiger partial charge in [-0.25, -0.2) is 0 Å². The fourth-order valence-corrected chi connectivity index (χ4v) is 1.13. The van der Waals surface area contributed by atoms with Gasteiger partial charge in [0.15, 0.2) is 0 Å². The zero-order valence-electron chi connectivity index (χ0n) is 7.96. The number of nitrogens with two attached hydrogens (primary N) is 1. The Kier molecular flexibility index (Phi) is 3.92. The number of hydrogen-bond donors (Lipinski definition) is 2. The van der Waals surface area contributed by atoms with E-state index in [1.165, 1.54) is 0 Å². The highest BCUT2D eigenvalue weighted by Crippen LogP contribution is 2.15. The van der Waals surface area contributed by atoms with E-state index in [9.17, 15) is 4.79 Å². The maximum absolute atomic E-state index is 11.4. The summed E-state index contributed by atoms with van der Waals surface area (Å²) in [6.07, 6.45) is 0. The van der Waals surface area contributed by atoms with E-state index in [2.05, 4.69) is 5.32 Å². The molecule has 0 aliphatic carbocycles. The molecule has 0 fully saturated rings. The topological polar surface area (TPSA) is 55.1 Å². The zero-order valence-corrected chi connectivity index (χ0v) is 8.71. The molecule has 0 radical (unpaired) electrons. The molecule has 1 amide bonds. The Hall–Kier alpha value is -1.06. The summed E-state index contributed by atoms with van der Waals surface area (Å²) >= 11 is 5.77. The third kappa shape index (κ3) is 3.01. The van der Waals surface area contributed by atoms with E-state index in [4.69, 9.17) is 17.3 Å². The fourth-order valence-electron chi connectivity index (χ4n) is 0.939. The number of benzene rings is 1. The van der Waals surface area contributed by atoms with E-state index in [0.717, 1.165) is 0 Å². The molecule has 0 saturated heterocycles. The molecule has 0 saturated carbocycles. The minimum absolute atomic E-state index is 0.0882. The Labute approximate surface area is 88.2 Å². The highest BCUT2D eigenvalue weighted by Gasteiger charge is 2.10. The van der Waals surface area contributed by atoms with Crippen molar-refractivity contribution in [1.29, 1.82) is 0 Å². The van der Waals surface area contributed by atoms with Gasteiger partial charge in [0.25, 0.3) is 0 Å². The van der Waals surface area contributed by atoms with E-state index < -0.39 is 0 Å². The van der Waals surface area contributed by atoms with Gasteiger partial charge in [-0.2, -0.15) is 0 Å². The molecule has 0 aliphatic rings. The Balaban J connectivity index is 2.65. The maximum atomic E-state index is 11.4. The number of rotatable bonds is 3. The maximum Gasteiger partial charge on any atom is 0.228 e. The summed E-state index contributed by atoms with van der Waals surface area (Å²) in [7, 11) is 0. The molecule has 1 aromatic rings. The van der Waals surface area contributed by atoms with E-state index in [0.29, 0.717) is 17.3 Å². The van der Waals surface area contributed by atoms with Crippen LogP contribution in [0.2, 0.25) is 5.02 Å². The molecule has 0 spiro atoms. The average molecular weight is 213 g/mol. The van der Waals surface area contributed by atoms with Gasteiger partial charge in [0.2, 0.25) is 5.91 Å². The van der Waals surface area contributed by atoms with Gasteiger partial charge in [0.05, 0.1) is 0 Å². The van der Waals surface area contributed by atoms with E-state index in [1.807, 2.05) is 0 Å². The van der Waals surface area contributed by atoms with Crippen molar-refractivity contribution in [3.05, 3.63) is 29.3 Å². The third-order valence-corrected chi connectivity index (χ3v) is 2.13. The van der Waals surface area contributed by atoms with Crippen molar-refractivity contribution in [2.75, 3.05) is 11.9 Å². The van der Waals surface area contributed by atoms with Crippen LogP contribution < -0.4 is 11.1 Å². The van der Waals surface area contributed by atoms with E-state index >= 15 is 0 Å². The van der Waals surface area contributed by atoms with Gasteiger partial charge in [-0.3, -0.25) is 4.79 Å². The molecule has 1 atom stereocenters. The standard InChI is InChI=1S/C10H13ClN2O/c1-7(6-12)10(14)13-9-4-2-3-8(11)5-9/h2-5,7H,6,12H2,1H3,(H,13,14). The zero-order chi connectivity index (χ0) is 10.6. The van der Waals surface area contributed by atoms with Crippen molar-refractivity contribution in [1.82, 2.24) is 0 Å². The summed E-state index contributed by atoms with van der Waals surface area (Å²) in [5, 5.41) is 3.33. The van der Waals surface area contributed by atoms with Crippen LogP contribution in [0, 0.1) is 5.92 Å². The first-order valence-corrected chi connectivity index (χ1v) is 4.77. The Morgan fingerprint density at radius 2 is 2.36 bits per heavy atom. The summed E-state index contributed by atoms with van der Waals surface area (Å²) in [5.74, 6) is -0.274. The number of carbonyl (C=O) groups is 1. The molecule has 3 N–H and O–H groups in total. The lowest BCUT2D eigenvalue weighted by Crippen LogP contribution is -2.26. The van der Waals surface area contributed by atoms with Gasteiger partial charge in [-0.15, -0.1) is 0 Å². The SMILES string of the molecule is CC(CN)C(=O)Nc1cccc(Cl)c1. The Morgan fingerprint density at radius 1 is 1.64 bits per heavy atom. The molecule has 0 aliphatic heterocycles. The summed E-state index contributed by atoms with van der Waals surface area (Å²) < 4.78 is 0. The molecule has 1 rings (SSSR count). The van der Waals surface area contributed by atoms with E-state index in [-0.39, 0.29) is 11.8 Å². The first kappa shape index (κ1) is 11.0. The molecule has 0 aromatic heterocycles. The van der Waals surface area contributed by atoms with Crippen molar-refractivity contribution in [3.8, 4) is 0 Å². The van der Waals surface area contributed by atoms with Crippen molar-refractivity contribution in [3.63, 3.8) is 0 Å². The molecule has 1 unspecified atom stereocenters. The lowest BCUT2D eigenvalue weighted by Gasteiger charge is -2.09. The van der Waals surface area contributed by atoms with Crippen LogP contribution in [0.25, 0.3) is 0 Å². The minimum Gasteiger partial charge on any atom is -0.330 e. The Bertz CT molecular complexity index is 328. The number of amides is 1. The highest BCUT2D eigenvalue weighted by atomic mass is 35.5. The number of anilines is 1. The van der Waals surface area contributed by atoms with Gasteiger partial charge in [-0.05, 0) is 18.2 Å². The monoisotopic (exact) mass is 212 g/mol. The van der Waals surface area contributed by atoms with Crippen LogP contribution in [0.5, 0.6) is 0 Å². The van der Waals surface area contributed by atoms with Crippen LogP contribution in [0.3, 0.4) is 0 Å². The number of carbonyl (C=O) groups excluding carboxylic acids is 1. The van der Waals surface area contributed by atoms with Gasteiger partial charge in [0.1, 0.15) is 0 Å². The van der Waals surface area contributed by atoms with Crippen molar-refractivity contribution >= 4 is 23.2 Å². The molecule has 0 heterocycles. The van der Waals surface area contributed by atoms with Crippen LogP contribution >= 0.6 is 11.6 Å². The normalized spacial score (nSPS) is 12.2. The second kappa shape index (κ2) is 4.98. The molecular weight excluding hydrogens is 200 g/mol. The predicted molar refractivity (Wildman–Crippen MR) is 58.3 cm³/mol. The van der Waals surface area contributed by atoms with Gasteiger partial charge in [0, 0.05) is 23.2 Å². The molecule has 0 bridgehead atoms. The number of hydrogen-bond acceptors (Lipinski definition) is 2. The third-order valence-electron chi connectivity index (χ3n) is 1.89. The molecule has 14 heavy (non-hydrogen) atoms. The van der Waals surface area contributed by atoms with Gasteiger partial charge >= 0.3 is 0 Å². The van der Waals surface area contributed by atoms with Gasteiger partial charge < -0.3 is 11.1 Å². The van der Waals surface area contributed by atoms with Crippen molar-refractivity contribution in [2.45, 2.75) is 6.92 Å². The quantitative estimate of drug-likeness (QED) is 0.804. The largest absolute Gasteiger partial charge is 0.330 e. The van der Waals surface area contributed by atoms with Gasteiger partial charge in [-0.1, -0.05) is 24.6 Å². The average Bonchev–Trinajstić information content (AvgIpc) is 2.16. The number of halogens is 1. The fraction of sp³-hybridized carbons (Fsp3) is 0.300. The molecule has 1 aromatic carbocycles.